The zero-order chi connectivity index (χ0) is 26.0. The molecule has 0 radical (unpaired) electrons. The van der Waals surface area contributed by atoms with E-state index in [9.17, 15) is 18.0 Å². The fourth-order valence-corrected chi connectivity index (χ4v) is 6.83. The van der Waals surface area contributed by atoms with Gasteiger partial charge in [0.2, 0.25) is 10.0 Å². The van der Waals surface area contributed by atoms with Crippen LogP contribution in [0.5, 0.6) is 5.75 Å². The molecule has 0 aliphatic carbocycles. The number of morpholine rings is 1. The van der Waals surface area contributed by atoms with Crippen molar-refractivity contribution < 1.29 is 32.2 Å². The van der Waals surface area contributed by atoms with Gasteiger partial charge in [-0.25, -0.2) is 13.2 Å². The highest BCUT2D eigenvalue weighted by Gasteiger charge is 2.31. The third-order valence-electron chi connectivity index (χ3n) is 6.00. The van der Waals surface area contributed by atoms with Gasteiger partial charge in [-0.1, -0.05) is 36.0 Å². The van der Waals surface area contributed by atoms with Gasteiger partial charge in [-0.05, 0) is 42.5 Å². The van der Waals surface area contributed by atoms with Crippen LogP contribution in [0.1, 0.15) is 10.4 Å². The molecule has 1 saturated heterocycles. The fourth-order valence-electron chi connectivity index (χ4n) is 4.18. The van der Waals surface area contributed by atoms with E-state index >= 15 is 0 Å². The van der Waals surface area contributed by atoms with Gasteiger partial charge in [0.15, 0.2) is 6.61 Å². The van der Waals surface area contributed by atoms with Crippen LogP contribution in [0.2, 0.25) is 0 Å². The highest BCUT2D eigenvalue weighted by molar-refractivity contribution is 7.99. The second-order valence-electron chi connectivity index (χ2n) is 8.22. The number of fused-ring (bicyclic) bond motifs is 2. The number of ether oxygens (including phenoxy) is 3. The minimum absolute atomic E-state index is 0.00423. The number of esters is 1. The molecule has 1 amide bonds. The number of methoxy groups -OCH3 is 1. The average molecular weight is 541 g/mol. The lowest BCUT2D eigenvalue weighted by Gasteiger charge is -2.30. The fraction of sp³-hybridized carbons (Fsp3) is 0.231. The van der Waals surface area contributed by atoms with Crippen molar-refractivity contribution in [1.29, 1.82) is 0 Å². The molecular formula is C26H24N2O7S2. The van der Waals surface area contributed by atoms with Crippen molar-refractivity contribution in [2.45, 2.75) is 14.7 Å². The van der Waals surface area contributed by atoms with Crippen molar-refractivity contribution in [1.82, 2.24) is 4.31 Å². The first-order valence-corrected chi connectivity index (χ1v) is 13.8. The third-order valence-corrected chi connectivity index (χ3v) is 9.05. The minimum atomic E-state index is -3.93. The summed E-state index contributed by atoms with van der Waals surface area (Å²) in [7, 11) is -2.57. The molecule has 11 heteroatoms. The predicted octanol–water partition coefficient (Wildman–Crippen LogP) is 3.70. The zero-order valence-electron chi connectivity index (χ0n) is 20.0. The summed E-state index contributed by atoms with van der Waals surface area (Å²) in [4.78, 5) is 29.4. The summed E-state index contributed by atoms with van der Waals surface area (Å²) in [6.45, 7) is 0.445. The van der Waals surface area contributed by atoms with Crippen molar-refractivity contribution in [3.63, 3.8) is 0 Å². The maximum absolute atomic E-state index is 13.3. The van der Waals surface area contributed by atoms with E-state index < -0.39 is 28.5 Å². The normalized spacial score (nSPS) is 15.4. The molecule has 0 aromatic heterocycles. The highest BCUT2D eigenvalue weighted by atomic mass is 32.2. The summed E-state index contributed by atoms with van der Waals surface area (Å²) in [6.07, 6.45) is 0. The Morgan fingerprint density at radius 3 is 2.19 bits per heavy atom. The Kier molecular flexibility index (Phi) is 7.20. The molecule has 0 bridgehead atoms. The topological polar surface area (TPSA) is 102 Å². The van der Waals surface area contributed by atoms with Crippen LogP contribution in [0, 0.1) is 0 Å². The maximum atomic E-state index is 13.3. The Bertz CT molecular complexity index is 1410. The standard InChI is InChI=1S/C26H24N2O7S2/c1-33-21-11-10-18(16-24(21)37(31,32)27-12-14-34-15-13-27)26(30)35-17-25(29)28-19-6-2-4-8-22(19)36-23-9-5-3-7-20(23)28/h2-11,16H,12-15,17H2,1H3. The molecule has 1 fully saturated rings. The number of hydrogen-bond donors (Lipinski definition) is 0. The molecular weight excluding hydrogens is 516 g/mol. The van der Waals surface area contributed by atoms with E-state index in [-0.39, 0.29) is 42.5 Å². The average Bonchev–Trinajstić information content (AvgIpc) is 2.94. The largest absolute Gasteiger partial charge is 0.495 e. The molecule has 3 aromatic rings. The van der Waals surface area contributed by atoms with Gasteiger partial charge in [0.1, 0.15) is 10.6 Å². The Labute approximate surface area is 219 Å². The number of rotatable bonds is 6. The van der Waals surface area contributed by atoms with Crippen LogP contribution < -0.4 is 9.64 Å². The molecule has 2 heterocycles. The molecule has 9 nitrogen and oxygen atoms in total. The van der Waals surface area contributed by atoms with E-state index in [1.807, 2.05) is 48.5 Å². The van der Waals surface area contributed by atoms with E-state index in [1.165, 1.54) is 34.5 Å². The van der Waals surface area contributed by atoms with Crippen molar-refractivity contribution in [2.24, 2.45) is 0 Å². The first-order chi connectivity index (χ1) is 17.9. The number of anilines is 2. The Hall–Kier alpha value is -3.38. The summed E-state index contributed by atoms with van der Waals surface area (Å²) < 4.78 is 43.6. The Morgan fingerprint density at radius 2 is 1.57 bits per heavy atom. The second kappa shape index (κ2) is 10.5. The van der Waals surface area contributed by atoms with Gasteiger partial charge in [0.05, 0.1) is 37.3 Å². The molecule has 0 atom stereocenters. The first-order valence-electron chi connectivity index (χ1n) is 11.5. The van der Waals surface area contributed by atoms with Gasteiger partial charge in [-0.3, -0.25) is 9.69 Å². The minimum Gasteiger partial charge on any atom is -0.495 e. The molecule has 37 heavy (non-hydrogen) atoms. The molecule has 0 spiro atoms. The number of para-hydroxylation sites is 2. The van der Waals surface area contributed by atoms with Gasteiger partial charge in [0.25, 0.3) is 5.91 Å². The van der Waals surface area contributed by atoms with Crippen LogP contribution in [-0.4, -0.2) is 64.6 Å². The Morgan fingerprint density at radius 1 is 0.946 bits per heavy atom. The van der Waals surface area contributed by atoms with E-state index in [0.29, 0.717) is 11.4 Å². The predicted molar refractivity (Wildman–Crippen MR) is 137 cm³/mol. The number of benzene rings is 3. The maximum Gasteiger partial charge on any atom is 0.338 e. The third kappa shape index (κ3) is 4.95. The van der Waals surface area contributed by atoms with E-state index in [2.05, 4.69) is 0 Å². The highest BCUT2D eigenvalue weighted by Crippen LogP contribution is 2.47. The number of carbonyl (C=O) groups is 2. The second-order valence-corrected chi connectivity index (χ2v) is 11.2. The summed E-state index contributed by atoms with van der Waals surface area (Å²) >= 11 is 1.56. The number of amides is 1. The molecule has 2 aliphatic heterocycles. The molecule has 192 valence electrons. The van der Waals surface area contributed by atoms with Crippen LogP contribution in [-0.2, 0) is 24.3 Å². The molecule has 3 aromatic carbocycles. The van der Waals surface area contributed by atoms with Gasteiger partial charge in [-0.2, -0.15) is 4.31 Å². The summed E-state index contributed by atoms with van der Waals surface area (Å²) in [5.41, 5.74) is 1.40. The molecule has 2 aliphatic rings. The van der Waals surface area contributed by atoms with Crippen LogP contribution in [0.4, 0.5) is 11.4 Å². The van der Waals surface area contributed by atoms with Gasteiger partial charge in [-0.15, -0.1) is 0 Å². The Balaban J connectivity index is 1.37. The molecule has 5 rings (SSSR count). The van der Waals surface area contributed by atoms with Gasteiger partial charge < -0.3 is 14.2 Å². The zero-order valence-corrected chi connectivity index (χ0v) is 21.6. The number of hydrogen-bond acceptors (Lipinski definition) is 8. The van der Waals surface area contributed by atoms with Crippen molar-refractivity contribution >= 4 is 45.0 Å². The molecule has 0 N–H and O–H groups in total. The quantitative estimate of drug-likeness (QED) is 0.436. The molecule has 0 saturated carbocycles. The van der Waals surface area contributed by atoms with Gasteiger partial charge in [0, 0.05) is 22.9 Å². The lowest BCUT2D eigenvalue weighted by molar-refractivity contribution is -0.121. The number of nitrogens with zero attached hydrogens (tertiary/aromatic N) is 2. The van der Waals surface area contributed by atoms with Crippen LogP contribution >= 0.6 is 11.8 Å². The SMILES string of the molecule is COc1ccc(C(=O)OCC(=O)N2c3ccccc3Sc3ccccc32)cc1S(=O)(=O)N1CCOCC1. The van der Waals surface area contributed by atoms with Crippen molar-refractivity contribution in [3.05, 3.63) is 72.3 Å². The van der Waals surface area contributed by atoms with Crippen LogP contribution in [0.15, 0.2) is 81.4 Å². The lowest BCUT2D eigenvalue weighted by Crippen LogP contribution is -2.40. The number of sulfonamides is 1. The van der Waals surface area contributed by atoms with Crippen molar-refractivity contribution in [3.8, 4) is 5.75 Å². The lowest BCUT2D eigenvalue weighted by atomic mass is 10.2. The summed E-state index contributed by atoms with van der Waals surface area (Å²) in [5, 5.41) is 0. The van der Waals surface area contributed by atoms with E-state index in [0.717, 1.165) is 9.79 Å². The number of carbonyl (C=O) groups excluding carboxylic acids is 2. The summed E-state index contributed by atoms with van der Waals surface area (Å²) in [5.74, 6) is -1.14. The van der Waals surface area contributed by atoms with E-state index in [1.54, 1.807) is 11.8 Å². The van der Waals surface area contributed by atoms with Crippen LogP contribution in [0.25, 0.3) is 0 Å². The van der Waals surface area contributed by atoms with E-state index in [4.69, 9.17) is 14.2 Å². The summed E-state index contributed by atoms with van der Waals surface area (Å²) in [6, 6.07) is 19.0. The van der Waals surface area contributed by atoms with Crippen molar-refractivity contribution in [2.75, 3.05) is 44.9 Å². The first kappa shape index (κ1) is 25.3. The van der Waals surface area contributed by atoms with Crippen LogP contribution in [0.3, 0.4) is 0 Å². The van der Waals surface area contributed by atoms with Gasteiger partial charge >= 0.3 is 5.97 Å². The molecule has 0 unspecified atom stereocenters. The monoisotopic (exact) mass is 540 g/mol. The smallest absolute Gasteiger partial charge is 0.338 e.